The molecular weight excluding hydrogens is 254 g/mol. The van der Waals surface area contributed by atoms with E-state index in [1.165, 1.54) is 12.1 Å². The molecule has 0 fully saturated rings. The van der Waals surface area contributed by atoms with Crippen molar-refractivity contribution < 1.29 is 14.6 Å². The summed E-state index contributed by atoms with van der Waals surface area (Å²) in [7, 11) is 0. The predicted molar refractivity (Wildman–Crippen MR) is 73.8 cm³/mol. The Hall–Kier alpha value is -2.80. The minimum Gasteiger partial charge on any atom is -0.508 e. The Bertz CT molecular complexity index is 687. The topological polar surface area (TPSA) is 70.3 Å². The molecule has 2 aromatic carbocycles. The molecule has 1 N–H and O–H groups in total. The fraction of sp³-hybridized carbons (Fsp3) is 0.125. The summed E-state index contributed by atoms with van der Waals surface area (Å²) in [6.07, 6.45) is 0.974. The zero-order valence-electron chi connectivity index (χ0n) is 11.0. The Labute approximate surface area is 116 Å². The van der Waals surface area contributed by atoms with E-state index in [1.807, 2.05) is 13.0 Å². The Morgan fingerprint density at radius 1 is 1.30 bits per heavy atom. The van der Waals surface area contributed by atoms with Gasteiger partial charge in [0.1, 0.15) is 23.5 Å². The number of rotatable bonds is 4. The van der Waals surface area contributed by atoms with Gasteiger partial charge in [-0.05, 0) is 42.3 Å². The maximum Gasteiger partial charge on any atom is 0.131 e. The molecule has 0 amide bonds. The van der Waals surface area contributed by atoms with Crippen molar-refractivity contribution in [2.45, 2.75) is 13.3 Å². The maximum absolute atomic E-state index is 10.5. The minimum absolute atomic E-state index is 0.0356. The summed E-state index contributed by atoms with van der Waals surface area (Å²) in [5.74, 6) is 1.01. The zero-order valence-corrected chi connectivity index (χ0v) is 11.0. The number of carbonyl (C=O) groups excluding carboxylic acids is 1. The highest BCUT2D eigenvalue weighted by Crippen LogP contribution is 2.29. The number of aryl methyl sites for hydroxylation is 1. The fourth-order valence-corrected chi connectivity index (χ4v) is 1.82. The number of carbonyl (C=O) groups is 1. The third-order valence-corrected chi connectivity index (χ3v) is 2.82. The standard InChI is InChI=1S/C16H13NO3/c1-11-2-3-13(10-17)8-16(11)20-15-7-12(4-5-18)6-14(19)9-15/h2-3,5-9,19H,4H2,1H3. The van der Waals surface area contributed by atoms with Crippen LogP contribution in [0.25, 0.3) is 0 Å². The number of phenolic OH excluding ortho intramolecular Hbond substituents is 1. The molecule has 0 spiro atoms. The maximum atomic E-state index is 10.5. The van der Waals surface area contributed by atoms with Crippen molar-refractivity contribution in [3.05, 3.63) is 53.1 Å². The van der Waals surface area contributed by atoms with E-state index in [9.17, 15) is 9.90 Å². The smallest absolute Gasteiger partial charge is 0.131 e. The second kappa shape index (κ2) is 5.89. The number of aromatic hydroxyl groups is 1. The summed E-state index contributed by atoms with van der Waals surface area (Å²) >= 11 is 0. The highest BCUT2D eigenvalue weighted by molar-refractivity contribution is 5.57. The van der Waals surface area contributed by atoms with Crippen LogP contribution in [0.1, 0.15) is 16.7 Å². The first-order valence-corrected chi connectivity index (χ1v) is 6.07. The van der Waals surface area contributed by atoms with Gasteiger partial charge in [0.15, 0.2) is 0 Å². The molecule has 0 heterocycles. The van der Waals surface area contributed by atoms with Gasteiger partial charge in [0.2, 0.25) is 0 Å². The summed E-state index contributed by atoms with van der Waals surface area (Å²) in [4.78, 5) is 10.5. The highest BCUT2D eigenvalue weighted by atomic mass is 16.5. The van der Waals surface area contributed by atoms with Crippen molar-refractivity contribution in [1.29, 1.82) is 5.26 Å². The van der Waals surface area contributed by atoms with Crippen LogP contribution in [0.2, 0.25) is 0 Å². The van der Waals surface area contributed by atoms with Gasteiger partial charge in [-0.15, -0.1) is 0 Å². The molecule has 0 aliphatic carbocycles. The number of benzene rings is 2. The highest BCUT2D eigenvalue weighted by Gasteiger charge is 2.06. The number of hydrogen-bond acceptors (Lipinski definition) is 4. The largest absolute Gasteiger partial charge is 0.508 e. The number of aldehydes is 1. The molecular formula is C16H13NO3. The number of nitriles is 1. The monoisotopic (exact) mass is 267 g/mol. The van der Waals surface area contributed by atoms with Crippen molar-refractivity contribution >= 4 is 6.29 Å². The molecule has 100 valence electrons. The van der Waals surface area contributed by atoms with Gasteiger partial charge in [-0.3, -0.25) is 0 Å². The molecule has 0 bridgehead atoms. The molecule has 20 heavy (non-hydrogen) atoms. The van der Waals surface area contributed by atoms with Crippen LogP contribution in [0.5, 0.6) is 17.2 Å². The van der Waals surface area contributed by atoms with Crippen molar-refractivity contribution in [2.24, 2.45) is 0 Å². The molecule has 0 saturated heterocycles. The lowest BCUT2D eigenvalue weighted by Crippen LogP contribution is -1.91. The van der Waals surface area contributed by atoms with Gasteiger partial charge in [0.05, 0.1) is 11.6 Å². The lowest BCUT2D eigenvalue weighted by molar-refractivity contribution is -0.107. The first kappa shape index (κ1) is 13.6. The van der Waals surface area contributed by atoms with Gasteiger partial charge in [-0.25, -0.2) is 0 Å². The molecule has 0 unspecified atom stereocenters. The lowest BCUT2D eigenvalue weighted by atomic mass is 10.1. The molecule has 0 aliphatic heterocycles. The molecule has 2 rings (SSSR count). The van der Waals surface area contributed by atoms with E-state index in [4.69, 9.17) is 10.00 Å². The Balaban J connectivity index is 2.34. The van der Waals surface area contributed by atoms with Crippen molar-refractivity contribution in [1.82, 2.24) is 0 Å². The Morgan fingerprint density at radius 3 is 2.80 bits per heavy atom. The quantitative estimate of drug-likeness (QED) is 0.864. The Kier molecular flexibility index (Phi) is 4.02. The first-order chi connectivity index (χ1) is 9.62. The Morgan fingerprint density at radius 2 is 2.10 bits per heavy atom. The van der Waals surface area contributed by atoms with Gasteiger partial charge >= 0.3 is 0 Å². The molecule has 2 aromatic rings. The van der Waals surface area contributed by atoms with Gasteiger partial charge < -0.3 is 14.6 Å². The van der Waals surface area contributed by atoms with E-state index in [2.05, 4.69) is 0 Å². The molecule has 0 aliphatic rings. The van der Waals surface area contributed by atoms with E-state index in [1.54, 1.807) is 24.3 Å². The third kappa shape index (κ3) is 3.15. The number of phenols is 1. The number of ether oxygens (including phenoxy) is 1. The van der Waals surface area contributed by atoms with E-state index < -0.39 is 0 Å². The van der Waals surface area contributed by atoms with Crippen LogP contribution in [-0.2, 0) is 11.2 Å². The van der Waals surface area contributed by atoms with Crippen LogP contribution in [0, 0.1) is 18.3 Å². The van der Waals surface area contributed by atoms with Crippen molar-refractivity contribution in [3.8, 4) is 23.3 Å². The SMILES string of the molecule is Cc1ccc(C#N)cc1Oc1cc(O)cc(CC=O)c1. The van der Waals surface area contributed by atoms with E-state index in [0.29, 0.717) is 22.6 Å². The van der Waals surface area contributed by atoms with Crippen LogP contribution >= 0.6 is 0 Å². The summed E-state index contributed by atoms with van der Waals surface area (Å²) in [6.45, 7) is 1.87. The summed E-state index contributed by atoms with van der Waals surface area (Å²) in [5, 5.41) is 18.5. The number of hydrogen-bond donors (Lipinski definition) is 1. The van der Waals surface area contributed by atoms with Crippen LogP contribution in [0.15, 0.2) is 36.4 Å². The zero-order chi connectivity index (χ0) is 14.5. The average molecular weight is 267 g/mol. The summed E-state index contributed by atoms with van der Waals surface area (Å²) in [6, 6.07) is 11.9. The van der Waals surface area contributed by atoms with Gasteiger partial charge in [-0.2, -0.15) is 5.26 Å². The van der Waals surface area contributed by atoms with Crippen LogP contribution < -0.4 is 4.74 Å². The molecule has 0 radical (unpaired) electrons. The second-order valence-electron chi connectivity index (χ2n) is 4.40. The first-order valence-electron chi connectivity index (χ1n) is 6.07. The average Bonchev–Trinajstić information content (AvgIpc) is 2.41. The van der Waals surface area contributed by atoms with Gasteiger partial charge in [0, 0.05) is 12.5 Å². The van der Waals surface area contributed by atoms with Crippen LogP contribution in [-0.4, -0.2) is 11.4 Å². The van der Waals surface area contributed by atoms with Gasteiger partial charge in [-0.1, -0.05) is 6.07 Å². The minimum atomic E-state index is 0.0356. The molecule has 4 nitrogen and oxygen atoms in total. The van der Waals surface area contributed by atoms with Gasteiger partial charge in [0.25, 0.3) is 0 Å². The summed E-state index contributed by atoms with van der Waals surface area (Å²) < 4.78 is 5.69. The van der Waals surface area contributed by atoms with Crippen LogP contribution in [0.4, 0.5) is 0 Å². The van der Waals surface area contributed by atoms with Crippen LogP contribution in [0.3, 0.4) is 0 Å². The van der Waals surface area contributed by atoms with Crippen molar-refractivity contribution in [3.63, 3.8) is 0 Å². The van der Waals surface area contributed by atoms with Crippen molar-refractivity contribution in [2.75, 3.05) is 0 Å². The number of nitrogens with zero attached hydrogens (tertiary/aromatic N) is 1. The predicted octanol–water partition coefficient (Wildman–Crippen LogP) is 3.11. The van der Waals surface area contributed by atoms with E-state index in [-0.39, 0.29) is 12.2 Å². The lowest BCUT2D eigenvalue weighted by Gasteiger charge is -2.10. The van der Waals surface area contributed by atoms with E-state index in [0.717, 1.165) is 11.8 Å². The third-order valence-electron chi connectivity index (χ3n) is 2.82. The molecule has 0 aromatic heterocycles. The normalized spacial score (nSPS) is 9.80. The molecule has 0 saturated carbocycles. The van der Waals surface area contributed by atoms with E-state index >= 15 is 0 Å². The second-order valence-corrected chi connectivity index (χ2v) is 4.40. The molecule has 0 atom stereocenters. The summed E-state index contributed by atoms with van der Waals surface area (Å²) in [5.41, 5.74) is 2.05. The molecule has 4 heteroatoms. The fourth-order valence-electron chi connectivity index (χ4n) is 1.82.